The molecule has 0 aliphatic heterocycles. The number of nitrogens with zero attached hydrogens (tertiary/aromatic N) is 2. The fourth-order valence-electron chi connectivity index (χ4n) is 2.72. The lowest BCUT2D eigenvalue weighted by Crippen LogP contribution is -2.22. The summed E-state index contributed by atoms with van der Waals surface area (Å²) in [6, 6.07) is 7.86. The highest BCUT2D eigenvalue weighted by Gasteiger charge is 2.12. The van der Waals surface area contributed by atoms with Crippen molar-refractivity contribution in [3.63, 3.8) is 0 Å². The van der Waals surface area contributed by atoms with Gasteiger partial charge in [-0.25, -0.2) is 9.07 Å². The van der Waals surface area contributed by atoms with Crippen molar-refractivity contribution in [1.82, 2.24) is 20.1 Å². The van der Waals surface area contributed by atoms with Crippen LogP contribution in [0.4, 0.5) is 4.39 Å². The van der Waals surface area contributed by atoms with Crippen molar-refractivity contribution in [3.8, 4) is 5.69 Å². The second-order valence-corrected chi connectivity index (χ2v) is 5.88. The largest absolute Gasteiger partial charge is 0.385 e. The molecule has 0 saturated heterocycles. The van der Waals surface area contributed by atoms with Crippen molar-refractivity contribution in [2.24, 2.45) is 0 Å². The van der Waals surface area contributed by atoms with E-state index in [4.69, 9.17) is 4.74 Å². The monoisotopic (exact) mass is 344 g/mol. The van der Waals surface area contributed by atoms with Crippen LogP contribution in [0, 0.1) is 12.7 Å². The number of halogens is 1. The number of hydrogen-bond donors (Lipinski definition) is 2. The predicted molar refractivity (Wildman–Crippen MR) is 94.6 cm³/mol. The molecule has 3 rings (SSSR count). The number of hydrogen-bond acceptors (Lipinski definition) is 4. The second kappa shape index (κ2) is 7.58. The minimum Gasteiger partial charge on any atom is -0.385 e. The Morgan fingerprint density at radius 3 is 2.80 bits per heavy atom. The van der Waals surface area contributed by atoms with Crippen LogP contribution < -0.4 is 10.9 Å². The number of rotatable bonds is 7. The SMILES string of the molecule is COCCCNCc1cc2c(C)nn(-c3ccc(F)cc3)c2[nH]c1=O. The fraction of sp³-hybridized carbons (Fsp3) is 0.333. The van der Waals surface area contributed by atoms with E-state index in [1.807, 2.05) is 13.0 Å². The molecule has 2 aromatic heterocycles. The molecule has 0 aliphatic rings. The highest BCUT2D eigenvalue weighted by Crippen LogP contribution is 2.20. The Labute approximate surface area is 144 Å². The Morgan fingerprint density at radius 2 is 2.08 bits per heavy atom. The lowest BCUT2D eigenvalue weighted by atomic mass is 10.2. The molecule has 0 unspecified atom stereocenters. The van der Waals surface area contributed by atoms with Crippen molar-refractivity contribution >= 4 is 11.0 Å². The summed E-state index contributed by atoms with van der Waals surface area (Å²) in [5.74, 6) is -0.313. The summed E-state index contributed by atoms with van der Waals surface area (Å²) in [6.07, 6.45) is 0.887. The van der Waals surface area contributed by atoms with Crippen LogP contribution >= 0.6 is 0 Å². The van der Waals surface area contributed by atoms with Gasteiger partial charge in [-0.1, -0.05) is 0 Å². The van der Waals surface area contributed by atoms with E-state index in [1.165, 1.54) is 12.1 Å². The van der Waals surface area contributed by atoms with Crippen LogP contribution in [-0.4, -0.2) is 35.0 Å². The molecule has 0 aliphatic carbocycles. The second-order valence-electron chi connectivity index (χ2n) is 5.88. The van der Waals surface area contributed by atoms with Gasteiger partial charge in [0.2, 0.25) is 0 Å². The Hall–Kier alpha value is -2.51. The standard InChI is InChI=1S/C18H21FN4O2/c1-12-16-10-13(11-20-8-3-9-25-2)18(24)21-17(16)23(22-12)15-6-4-14(19)5-7-15/h4-7,10,20H,3,8-9,11H2,1-2H3,(H,21,24). The van der Waals surface area contributed by atoms with Crippen LogP contribution in [0.5, 0.6) is 0 Å². The minimum atomic E-state index is -0.313. The first-order valence-electron chi connectivity index (χ1n) is 8.17. The third kappa shape index (κ3) is 3.78. The molecule has 132 valence electrons. The molecule has 0 radical (unpaired) electrons. The smallest absolute Gasteiger partial charge is 0.254 e. The molecule has 25 heavy (non-hydrogen) atoms. The first kappa shape index (κ1) is 17.3. The normalized spacial score (nSPS) is 11.3. The van der Waals surface area contributed by atoms with E-state index >= 15 is 0 Å². The molecule has 0 atom stereocenters. The maximum absolute atomic E-state index is 13.1. The maximum atomic E-state index is 13.1. The van der Waals surface area contributed by atoms with Gasteiger partial charge in [-0.3, -0.25) is 4.79 Å². The Morgan fingerprint density at radius 1 is 1.32 bits per heavy atom. The number of H-pyrrole nitrogens is 1. The van der Waals surface area contributed by atoms with Gasteiger partial charge in [-0.05, 0) is 50.2 Å². The summed E-state index contributed by atoms with van der Waals surface area (Å²) in [6.45, 7) is 3.83. The van der Waals surface area contributed by atoms with E-state index in [-0.39, 0.29) is 11.4 Å². The number of aromatic nitrogens is 3. The van der Waals surface area contributed by atoms with Crippen molar-refractivity contribution < 1.29 is 9.13 Å². The lowest BCUT2D eigenvalue weighted by molar-refractivity contribution is 0.194. The maximum Gasteiger partial charge on any atom is 0.254 e. The van der Waals surface area contributed by atoms with E-state index in [2.05, 4.69) is 15.4 Å². The van der Waals surface area contributed by atoms with Gasteiger partial charge in [-0.2, -0.15) is 5.10 Å². The van der Waals surface area contributed by atoms with Gasteiger partial charge >= 0.3 is 0 Å². The molecule has 0 spiro atoms. The Kier molecular flexibility index (Phi) is 5.25. The summed E-state index contributed by atoms with van der Waals surface area (Å²) in [4.78, 5) is 15.3. The predicted octanol–water partition coefficient (Wildman–Crippen LogP) is 2.29. The number of nitrogens with one attached hydrogen (secondary N) is 2. The molecule has 6 nitrogen and oxygen atoms in total. The molecular formula is C18H21FN4O2. The third-order valence-corrected chi connectivity index (χ3v) is 4.04. The van der Waals surface area contributed by atoms with Crippen molar-refractivity contribution in [1.29, 1.82) is 0 Å². The number of benzene rings is 1. The van der Waals surface area contributed by atoms with Crippen LogP contribution in [0.15, 0.2) is 35.1 Å². The molecule has 2 N–H and O–H groups in total. The van der Waals surface area contributed by atoms with Crippen molar-refractivity contribution in [2.45, 2.75) is 19.9 Å². The van der Waals surface area contributed by atoms with Gasteiger partial charge < -0.3 is 15.0 Å². The summed E-state index contributed by atoms with van der Waals surface area (Å²) in [5, 5.41) is 8.59. The number of ether oxygens (including phenoxy) is 1. The van der Waals surface area contributed by atoms with E-state index in [1.54, 1.807) is 23.9 Å². The number of fused-ring (bicyclic) bond motifs is 1. The zero-order chi connectivity index (χ0) is 17.8. The molecule has 0 bridgehead atoms. The topological polar surface area (TPSA) is 71.9 Å². The van der Waals surface area contributed by atoms with E-state index in [9.17, 15) is 9.18 Å². The van der Waals surface area contributed by atoms with Gasteiger partial charge in [-0.15, -0.1) is 0 Å². The summed E-state index contributed by atoms with van der Waals surface area (Å²) >= 11 is 0. The van der Waals surface area contributed by atoms with Gasteiger partial charge in [0, 0.05) is 31.2 Å². The number of pyridine rings is 1. The highest BCUT2D eigenvalue weighted by atomic mass is 19.1. The molecule has 0 amide bonds. The minimum absolute atomic E-state index is 0.157. The van der Waals surface area contributed by atoms with Crippen LogP contribution in [0.3, 0.4) is 0 Å². The molecule has 0 fully saturated rings. The first-order valence-corrected chi connectivity index (χ1v) is 8.17. The van der Waals surface area contributed by atoms with Crippen LogP contribution in [0.2, 0.25) is 0 Å². The Balaban J connectivity index is 1.90. The zero-order valence-electron chi connectivity index (χ0n) is 14.3. The molecule has 2 heterocycles. The van der Waals surface area contributed by atoms with Gasteiger partial charge in [0.1, 0.15) is 11.5 Å². The van der Waals surface area contributed by atoms with Crippen LogP contribution in [-0.2, 0) is 11.3 Å². The van der Waals surface area contributed by atoms with E-state index < -0.39 is 0 Å². The average molecular weight is 344 g/mol. The van der Waals surface area contributed by atoms with E-state index in [0.29, 0.717) is 30.0 Å². The molecule has 0 saturated carbocycles. The summed E-state index contributed by atoms with van der Waals surface area (Å²) < 4.78 is 19.8. The quantitative estimate of drug-likeness (QED) is 0.645. The first-order chi connectivity index (χ1) is 12.1. The fourth-order valence-corrected chi connectivity index (χ4v) is 2.72. The number of aromatic amines is 1. The van der Waals surface area contributed by atoms with E-state index in [0.717, 1.165) is 24.0 Å². The highest BCUT2D eigenvalue weighted by molar-refractivity contribution is 5.80. The molecule has 7 heteroatoms. The lowest BCUT2D eigenvalue weighted by Gasteiger charge is -2.06. The number of aryl methyl sites for hydroxylation is 1. The molecule has 3 aromatic rings. The molecular weight excluding hydrogens is 323 g/mol. The summed E-state index contributed by atoms with van der Waals surface area (Å²) in [5.41, 5.74) is 2.61. The molecule has 1 aromatic carbocycles. The van der Waals surface area contributed by atoms with Gasteiger partial charge in [0.05, 0.1) is 11.4 Å². The van der Waals surface area contributed by atoms with Crippen molar-refractivity contribution in [3.05, 3.63) is 57.8 Å². The van der Waals surface area contributed by atoms with Crippen LogP contribution in [0.1, 0.15) is 17.7 Å². The summed E-state index contributed by atoms with van der Waals surface area (Å²) in [7, 11) is 1.67. The zero-order valence-corrected chi connectivity index (χ0v) is 14.3. The number of methoxy groups -OCH3 is 1. The van der Waals surface area contributed by atoms with Gasteiger partial charge in [0.25, 0.3) is 5.56 Å². The van der Waals surface area contributed by atoms with Gasteiger partial charge in [0.15, 0.2) is 0 Å². The third-order valence-electron chi connectivity index (χ3n) is 4.04. The Bertz CT molecular complexity index is 915. The van der Waals surface area contributed by atoms with Crippen LogP contribution in [0.25, 0.3) is 16.7 Å². The van der Waals surface area contributed by atoms with Crippen molar-refractivity contribution in [2.75, 3.05) is 20.3 Å². The average Bonchev–Trinajstić information content (AvgIpc) is 2.91.